The Bertz CT molecular complexity index is 932. The molecule has 4 fully saturated rings. The Kier molecular flexibility index (Phi) is 6.61. The zero-order valence-corrected chi connectivity index (χ0v) is 22.1. The zero-order valence-electron chi connectivity index (χ0n) is 22.1. The van der Waals surface area contributed by atoms with Crippen molar-refractivity contribution < 1.29 is 20.1 Å². The third-order valence-corrected chi connectivity index (χ3v) is 11.8. The van der Waals surface area contributed by atoms with Crippen molar-refractivity contribution in [2.45, 2.75) is 104 Å². The fourth-order valence-corrected chi connectivity index (χ4v) is 10.1. The van der Waals surface area contributed by atoms with Gasteiger partial charge in [-0.2, -0.15) is 5.10 Å². The van der Waals surface area contributed by atoms with Crippen LogP contribution in [-0.2, 0) is 6.54 Å². The molecule has 1 aromatic heterocycles. The molecular weight excluding hydrogens is 440 g/mol. The molecule has 0 radical (unpaired) electrons. The Morgan fingerprint density at radius 2 is 1.83 bits per heavy atom. The highest BCUT2D eigenvalue weighted by Gasteiger charge is 2.64. The second kappa shape index (κ2) is 9.16. The van der Waals surface area contributed by atoms with Gasteiger partial charge in [-0.1, -0.05) is 34.1 Å². The maximum atomic E-state index is 11.8. The lowest BCUT2D eigenvalue weighted by Crippen LogP contribution is -2.62. The molecule has 0 aliphatic heterocycles. The van der Waals surface area contributed by atoms with Gasteiger partial charge >= 0.3 is 5.97 Å². The Morgan fingerprint density at radius 1 is 1.11 bits per heavy atom. The molecule has 196 valence electrons. The van der Waals surface area contributed by atoms with Crippen LogP contribution in [0.5, 0.6) is 0 Å². The van der Waals surface area contributed by atoms with Gasteiger partial charge in [0.05, 0.1) is 24.0 Å². The molecule has 4 aliphatic rings. The molecule has 0 unspecified atom stereocenters. The van der Waals surface area contributed by atoms with Crippen molar-refractivity contribution in [1.82, 2.24) is 9.78 Å². The van der Waals surface area contributed by atoms with Crippen molar-refractivity contribution in [3.8, 4) is 0 Å². The first-order valence-electron chi connectivity index (χ1n) is 14.2. The van der Waals surface area contributed by atoms with Crippen LogP contribution in [0.15, 0.2) is 12.4 Å². The molecule has 5 rings (SSSR count). The molecule has 3 N–H and O–H groups in total. The van der Waals surface area contributed by atoms with E-state index in [1.165, 1.54) is 31.9 Å². The minimum absolute atomic E-state index is 0.196. The number of hydrogen-bond acceptors (Lipinski definition) is 4. The van der Waals surface area contributed by atoms with Crippen molar-refractivity contribution in [2.24, 2.45) is 52.3 Å². The Morgan fingerprint density at radius 3 is 2.51 bits per heavy atom. The highest BCUT2D eigenvalue weighted by atomic mass is 16.4. The first-order valence-corrected chi connectivity index (χ1v) is 14.2. The van der Waals surface area contributed by atoms with Crippen molar-refractivity contribution in [3.05, 3.63) is 18.0 Å². The zero-order chi connectivity index (χ0) is 25.1. The normalized spacial score (nSPS) is 45.9. The van der Waals surface area contributed by atoms with Crippen LogP contribution in [0.3, 0.4) is 0 Å². The van der Waals surface area contributed by atoms with E-state index >= 15 is 0 Å². The van der Waals surface area contributed by atoms with Gasteiger partial charge in [-0.15, -0.1) is 0 Å². The monoisotopic (exact) mass is 486 g/mol. The molecule has 1 aromatic rings. The summed E-state index contributed by atoms with van der Waals surface area (Å²) >= 11 is 0. The lowest BCUT2D eigenvalue weighted by molar-refractivity contribution is -0.203. The van der Waals surface area contributed by atoms with Gasteiger partial charge in [-0.25, -0.2) is 4.79 Å². The van der Waals surface area contributed by atoms with Crippen LogP contribution >= 0.6 is 0 Å². The smallest absolute Gasteiger partial charge is 0.338 e. The average Bonchev–Trinajstić information content (AvgIpc) is 3.43. The maximum absolute atomic E-state index is 11.8. The molecule has 0 amide bonds. The van der Waals surface area contributed by atoms with Gasteiger partial charge in [0, 0.05) is 12.7 Å². The maximum Gasteiger partial charge on any atom is 0.338 e. The quantitative estimate of drug-likeness (QED) is 0.511. The summed E-state index contributed by atoms with van der Waals surface area (Å²) < 4.78 is 1.78. The first kappa shape index (κ1) is 25.3. The summed E-state index contributed by atoms with van der Waals surface area (Å²) in [5.41, 5.74) is 0.757. The number of fused-ring (bicyclic) bond motifs is 5. The summed E-state index contributed by atoms with van der Waals surface area (Å²) in [4.78, 5) is 11.2. The molecule has 6 heteroatoms. The van der Waals surface area contributed by atoms with Gasteiger partial charge in [-0.3, -0.25) is 4.68 Å². The number of nitrogens with zero attached hydrogens (tertiary/aromatic N) is 2. The molecule has 6 nitrogen and oxygen atoms in total. The van der Waals surface area contributed by atoms with E-state index in [1.54, 1.807) is 10.9 Å². The molecule has 0 spiro atoms. The minimum atomic E-state index is -0.924. The van der Waals surface area contributed by atoms with E-state index in [4.69, 9.17) is 0 Å². The van der Waals surface area contributed by atoms with E-state index in [1.807, 2.05) is 0 Å². The van der Waals surface area contributed by atoms with Crippen molar-refractivity contribution in [3.63, 3.8) is 0 Å². The van der Waals surface area contributed by atoms with Crippen molar-refractivity contribution in [1.29, 1.82) is 0 Å². The molecule has 35 heavy (non-hydrogen) atoms. The van der Waals surface area contributed by atoms with Crippen molar-refractivity contribution in [2.75, 3.05) is 0 Å². The molecular formula is C29H46N2O4. The minimum Gasteiger partial charge on any atom is -0.478 e. The molecule has 0 saturated heterocycles. The largest absolute Gasteiger partial charge is 0.478 e. The number of hydrogen-bond donors (Lipinski definition) is 3. The van der Waals surface area contributed by atoms with Crippen LogP contribution in [0.2, 0.25) is 0 Å². The number of aryl methyl sites for hydroxylation is 1. The summed E-state index contributed by atoms with van der Waals surface area (Å²) in [5, 5.41) is 35.8. The van der Waals surface area contributed by atoms with E-state index in [9.17, 15) is 20.1 Å². The third-order valence-electron chi connectivity index (χ3n) is 11.8. The summed E-state index contributed by atoms with van der Waals surface area (Å²) in [6.07, 6.45) is 12.4. The summed E-state index contributed by atoms with van der Waals surface area (Å²) in [6.45, 7) is 10.4. The average molecular weight is 487 g/mol. The van der Waals surface area contributed by atoms with Crippen LogP contribution in [0, 0.1) is 52.3 Å². The van der Waals surface area contributed by atoms with E-state index in [0.717, 1.165) is 38.6 Å². The Hall–Kier alpha value is -1.40. The number of aromatic nitrogens is 2. The number of carboxylic acid groups (broad SMARTS) is 1. The number of aliphatic hydroxyl groups excluding tert-OH is 2. The van der Waals surface area contributed by atoms with Gasteiger partial charge in [0.1, 0.15) is 0 Å². The SMILES string of the molecule is CC[C@H]1[C@@H](O)[C@@H]2[C@H](CC[C@]3(C)[C@@H]([C@H](C)CCn4cc(C(=O)O)cn4)CC[C@@H]23)[C@@]2(C)CC[C@@H](O)C[C@@H]12. The lowest BCUT2D eigenvalue weighted by Gasteiger charge is -2.64. The summed E-state index contributed by atoms with van der Waals surface area (Å²) in [6, 6.07) is 0. The van der Waals surface area contributed by atoms with Gasteiger partial charge < -0.3 is 15.3 Å². The van der Waals surface area contributed by atoms with Gasteiger partial charge in [0.15, 0.2) is 0 Å². The van der Waals surface area contributed by atoms with Crippen LogP contribution in [-0.4, -0.2) is 43.3 Å². The van der Waals surface area contributed by atoms with Crippen LogP contribution in [0.1, 0.15) is 95.8 Å². The highest BCUT2D eigenvalue weighted by molar-refractivity contribution is 5.86. The fourth-order valence-electron chi connectivity index (χ4n) is 10.1. The number of carboxylic acids is 1. The highest BCUT2D eigenvalue weighted by Crippen LogP contribution is 2.69. The molecule has 0 bridgehead atoms. The first-order chi connectivity index (χ1) is 16.6. The Balaban J connectivity index is 1.34. The molecule has 1 heterocycles. The third kappa shape index (κ3) is 3.98. The molecule has 11 atom stereocenters. The summed E-state index contributed by atoms with van der Waals surface area (Å²) in [5.74, 6) is 2.53. The van der Waals surface area contributed by atoms with Crippen molar-refractivity contribution >= 4 is 5.97 Å². The number of aromatic carboxylic acids is 1. The number of carbonyl (C=O) groups is 1. The van der Waals surface area contributed by atoms with E-state index in [-0.39, 0.29) is 28.6 Å². The standard InChI is InChI=1S/C29H46N2O4/c1-5-20-24-14-19(32)8-11-29(24,4)23-9-12-28(3)21(6-7-22(28)25(23)26(20)33)17(2)10-13-31-16-18(15-30-31)27(34)35/h15-17,19-26,32-33H,5-14H2,1-4H3,(H,34,35)/t17-,19-,20-,21-,22+,23+,24+,25+,26-,28-,29-/m1/s1. The summed E-state index contributed by atoms with van der Waals surface area (Å²) in [7, 11) is 0. The Labute approximate surface area is 210 Å². The van der Waals surface area contributed by atoms with Crippen LogP contribution in [0.25, 0.3) is 0 Å². The fraction of sp³-hybridized carbons (Fsp3) is 0.862. The predicted molar refractivity (Wildman–Crippen MR) is 135 cm³/mol. The molecule has 0 aromatic carbocycles. The van der Waals surface area contributed by atoms with E-state index < -0.39 is 5.97 Å². The van der Waals surface area contributed by atoms with E-state index in [2.05, 4.69) is 32.8 Å². The lowest BCUT2D eigenvalue weighted by atomic mass is 9.41. The molecule has 4 saturated carbocycles. The van der Waals surface area contributed by atoms with Gasteiger partial charge in [0.25, 0.3) is 0 Å². The molecule has 4 aliphatic carbocycles. The van der Waals surface area contributed by atoms with Gasteiger partial charge in [0.2, 0.25) is 0 Å². The second-order valence-electron chi connectivity index (χ2n) is 13.2. The van der Waals surface area contributed by atoms with Gasteiger partial charge in [-0.05, 0) is 104 Å². The van der Waals surface area contributed by atoms with Crippen LogP contribution < -0.4 is 0 Å². The topological polar surface area (TPSA) is 95.6 Å². The number of rotatable bonds is 6. The number of aliphatic hydroxyl groups is 2. The second-order valence-corrected chi connectivity index (χ2v) is 13.2. The van der Waals surface area contributed by atoms with E-state index in [0.29, 0.717) is 41.4 Å². The predicted octanol–water partition coefficient (Wildman–Crippen LogP) is 5.23. The van der Waals surface area contributed by atoms with Crippen LogP contribution in [0.4, 0.5) is 0 Å².